The van der Waals surface area contributed by atoms with Crippen LogP contribution in [-0.4, -0.2) is 24.5 Å². The van der Waals surface area contributed by atoms with E-state index in [1.165, 1.54) is 23.5 Å². The van der Waals surface area contributed by atoms with Gasteiger partial charge < -0.3 is 10.1 Å². The Bertz CT molecular complexity index is 1040. The zero-order chi connectivity index (χ0) is 19.6. The van der Waals surface area contributed by atoms with Crippen LogP contribution in [0.25, 0.3) is 11.3 Å². The number of anilines is 2. The van der Waals surface area contributed by atoms with Gasteiger partial charge in [-0.3, -0.25) is 4.98 Å². The van der Waals surface area contributed by atoms with Crippen LogP contribution < -0.4 is 15.2 Å². The highest BCUT2D eigenvalue weighted by Crippen LogP contribution is 2.33. The molecule has 3 N–H and O–H groups in total. The van der Waals surface area contributed by atoms with Crippen LogP contribution in [0, 0.1) is 6.92 Å². The number of nitrogens with two attached hydrogens (primary N) is 1. The number of aromatic nitrogens is 2. The lowest BCUT2D eigenvalue weighted by Gasteiger charge is -2.15. The van der Waals surface area contributed by atoms with E-state index in [0.29, 0.717) is 16.6 Å². The van der Waals surface area contributed by atoms with Crippen molar-refractivity contribution in [3.63, 3.8) is 0 Å². The molecule has 0 saturated heterocycles. The Balaban J connectivity index is 1.93. The van der Waals surface area contributed by atoms with E-state index in [1.807, 2.05) is 38.3 Å². The molecule has 0 spiro atoms. The summed E-state index contributed by atoms with van der Waals surface area (Å²) in [6, 6.07) is 8.33. The normalized spacial score (nSPS) is 11.6. The Hall–Kier alpha value is -2.49. The van der Waals surface area contributed by atoms with E-state index in [9.17, 15) is 8.42 Å². The zero-order valence-electron chi connectivity index (χ0n) is 15.1. The highest BCUT2D eigenvalue weighted by Gasteiger charge is 2.15. The summed E-state index contributed by atoms with van der Waals surface area (Å²) in [6.07, 6.45) is 1.69. The number of ether oxygens (including phenoxy) is 1. The fourth-order valence-electron chi connectivity index (χ4n) is 2.34. The first-order valence-electron chi connectivity index (χ1n) is 8.21. The highest BCUT2D eigenvalue weighted by molar-refractivity contribution is 7.89. The summed E-state index contributed by atoms with van der Waals surface area (Å²) < 4.78 is 29.1. The minimum absolute atomic E-state index is 0.000574. The van der Waals surface area contributed by atoms with Gasteiger partial charge in [-0.15, -0.1) is 11.3 Å². The van der Waals surface area contributed by atoms with Crippen molar-refractivity contribution in [2.45, 2.75) is 31.8 Å². The van der Waals surface area contributed by atoms with E-state index in [2.05, 4.69) is 15.3 Å². The summed E-state index contributed by atoms with van der Waals surface area (Å²) in [6.45, 7) is 5.71. The van der Waals surface area contributed by atoms with E-state index in [0.717, 1.165) is 17.0 Å². The van der Waals surface area contributed by atoms with E-state index >= 15 is 0 Å². The molecule has 3 rings (SSSR count). The molecule has 0 saturated carbocycles. The van der Waals surface area contributed by atoms with E-state index < -0.39 is 10.0 Å². The first-order valence-corrected chi connectivity index (χ1v) is 10.6. The number of nitrogens with zero attached hydrogens (tertiary/aromatic N) is 2. The Kier molecular flexibility index (Phi) is 5.45. The van der Waals surface area contributed by atoms with Crippen molar-refractivity contribution in [1.29, 1.82) is 0 Å². The summed E-state index contributed by atoms with van der Waals surface area (Å²) in [4.78, 5) is 8.83. The van der Waals surface area contributed by atoms with Gasteiger partial charge >= 0.3 is 0 Å². The van der Waals surface area contributed by atoms with Crippen molar-refractivity contribution in [3.8, 4) is 17.0 Å². The van der Waals surface area contributed by atoms with Gasteiger partial charge in [-0.1, -0.05) is 0 Å². The molecule has 142 valence electrons. The summed E-state index contributed by atoms with van der Waals surface area (Å²) >= 11 is 1.40. The van der Waals surface area contributed by atoms with Crippen molar-refractivity contribution in [2.24, 2.45) is 5.14 Å². The van der Waals surface area contributed by atoms with E-state index in [-0.39, 0.29) is 11.0 Å². The number of nitrogens with one attached hydrogen (secondary N) is 1. The van der Waals surface area contributed by atoms with E-state index in [1.54, 1.807) is 12.3 Å². The van der Waals surface area contributed by atoms with Gasteiger partial charge in [-0.25, -0.2) is 18.5 Å². The van der Waals surface area contributed by atoms with Gasteiger partial charge in [0.15, 0.2) is 5.13 Å². The third-order valence-electron chi connectivity index (χ3n) is 3.60. The molecule has 2 aromatic heterocycles. The summed E-state index contributed by atoms with van der Waals surface area (Å²) in [5, 5.41) is 10.9. The number of primary sulfonamides is 1. The molecule has 1 aromatic carbocycles. The van der Waals surface area contributed by atoms with Crippen LogP contribution in [0.3, 0.4) is 0 Å². The summed E-state index contributed by atoms with van der Waals surface area (Å²) in [7, 11) is -3.83. The van der Waals surface area contributed by atoms with Gasteiger partial charge in [0.05, 0.1) is 22.4 Å². The Morgan fingerprint density at radius 1 is 1.22 bits per heavy atom. The van der Waals surface area contributed by atoms with Crippen LogP contribution in [0.5, 0.6) is 5.75 Å². The number of hydrogen-bond acceptors (Lipinski definition) is 7. The minimum atomic E-state index is -3.83. The van der Waals surface area contributed by atoms with Crippen LogP contribution in [-0.2, 0) is 10.0 Å². The molecule has 0 unspecified atom stereocenters. The highest BCUT2D eigenvalue weighted by atomic mass is 32.2. The lowest BCUT2D eigenvalue weighted by Crippen LogP contribution is -2.13. The largest absolute Gasteiger partial charge is 0.489 e. The van der Waals surface area contributed by atoms with E-state index in [4.69, 9.17) is 9.88 Å². The molecule has 27 heavy (non-hydrogen) atoms. The molecule has 0 aliphatic rings. The summed E-state index contributed by atoms with van der Waals surface area (Å²) in [5.41, 5.74) is 3.10. The fourth-order valence-corrected chi connectivity index (χ4v) is 3.61. The van der Waals surface area contributed by atoms with Crippen LogP contribution in [0.15, 0.2) is 46.8 Å². The number of aryl methyl sites for hydroxylation is 1. The average Bonchev–Trinajstić information content (AvgIpc) is 3.04. The molecule has 0 fully saturated rings. The molecular formula is C18H20N4O3S2. The molecule has 7 nitrogen and oxygen atoms in total. The van der Waals surface area contributed by atoms with Crippen molar-refractivity contribution in [1.82, 2.24) is 9.97 Å². The van der Waals surface area contributed by atoms with Crippen molar-refractivity contribution < 1.29 is 13.2 Å². The second-order valence-electron chi connectivity index (χ2n) is 6.22. The SMILES string of the molecule is Cc1ccc(-c2csc(Nc3cc(S(N)(=O)=O)ccc3OC(C)C)n2)cn1. The molecule has 0 radical (unpaired) electrons. The molecule has 9 heteroatoms. The molecular weight excluding hydrogens is 384 g/mol. The maximum absolute atomic E-state index is 11.7. The number of pyridine rings is 1. The van der Waals surface area contributed by atoms with Crippen LogP contribution in [0.2, 0.25) is 0 Å². The van der Waals surface area contributed by atoms with Gasteiger partial charge in [0.25, 0.3) is 0 Å². The van der Waals surface area contributed by atoms with Crippen molar-refractivity contribution in [2.75, 3.05) is 5.32 Å². The number of sulfonamides is 1. The monoisotopic (exact) mass is 404 g/mol. The standard InChI is InChI=1S/C18H20N4O3S2/c1-11(2)25-17-7-6-14(27(19,23)24)8-15(17)21-18-22-16(10-26-18)13-5-4-12(3)20-9-13/h4-11H,1-3H3,(H,21,22)(H2,19,23,24). The van der Waals surface area contributed by atoms with Crippen LogP contribution >= 0.6 is 11.3 Å². The molecule has 3 aromatic rings. The quantitative estimate of drug-likeness (QED) is 0.649. The topological polar surface area (TPSA) is 107 Å². The smallest absolute Gasteiger partial charge is 0.238 e. The van der Waals surface area contributed by atoms with Gasteiger partial charge in [0.1, 0.15) is 5.75 Å². The van der Waals surface area contributed by atoms with Gasteiger partial charge in [-0.2, -0.15) is 0 Å². The van der Waals surface area contributed by atoms with Crippen LogP contribution in [0.4, 0.5) is 10.8 Å². The minimum Gasteiger partial charge on any atom is -0.489 e. The third-order valence-corrected chi connectivity index (χ3v) is 5.26. The first-order chi connectivity index (χ1) is 12.7. The third kappa shape index (κ3) is 4.82. The molecule has 0 amide bonds. The number of thiazole rings is 1. The number of hydrogen-bond donors (Lipinski definition) is 2. The maximum Gasteiger partial charge on any atom is 0.238 e. The summed E-state index contributed by atoms with van der Waals surface area (Å²) in [5.74, 6) is 0.520. The molecule has 0 aliphatic heterocycles. The molecule has 0 aliphatic carbocycles. The molecule has 0 bridgehead atoms. The van der Waals surface area contributed by atoms with Gasteiger partial charge in [-0.05, 0) is 51.1 Å². The predicted molar refractivity (Wildman–Crippen MR) is 107 cm³/mol. The zero-order valence-corrected chi connectivity index (χ0v) is 16.8. The predicted octanol–water partition coefficient (Wildman–Crippen LogP) is 3.69. The average molecular weight is 405 g/mol. The number of benzene rings is 1. The Morgan fingerprint density at radius 2 is 2.00 bits per heavy atom. The fraction of sp³-hybridized carbons (Fsp3) is 0.222. The molecule has 2 heterocycles. The lowest BCUT2D eigenvalue weighted by atomic mass is 10.2. The Labute approximate surface area is 162 Å². The second kappa shape index (κ2) is 7.63. The molecule has 0 atom stereocenters. The number of rotatable bonds is 6. The van der Waals surface area contributed by atoms with Crippen LogP contribution in [0.1, 0.15) is 19.5 Å². The lowest BCUT2D eigenvalue weighted by molar-refractivity contribution is 0.243. The second-order valence-corrected chi connectivity index (χ2v) is 8.64. The maximum atomic E-state index is 11.7. The van der Waals surface area contributed by atoms with Crippen molar-refractivity contribution in [3.05, 3.63) is 47.6 Å². The first kappa shape index (κ1) is 19.3. The Morgan fingerprint density at radius 3 is 2.63 bits per heavy atom. The van der Waals surface area contributed by atoms with Gasteiger partial charge in [0.2, 0.25) is 10.0 Å². The van der Waals surface area contributed by atoms with Gasteiger partial charge in [0, 0.05) is 22.8 Å². The van der Waals surface area contributed by atoms with Crippen molar-refractivity contribution >= 4 is 32.2 Å².